The van der Waals surface area contributed by atoms with Crippen LogP contribution >= 0.6 is 0 Å². The number of rotatable bonds is 1. The summed E-state index contributed by atoms with van der Waals surface area (Å²) in [7, 11) is 0. The number of fused-ring (bicyclic) bond motifs is 1. The molecule has 1 aliphatic carbocycles. The summed E-state index contributed by atoms with van der Waals surface area (Å²) >= 11 is 0. The van der Waals surface area contributed by atoms with Crippen molar-refractivity contribution in [2.45, 2.75) is 6.42 Å². The topological polar surface area (TPSA) is 30.7 Å². The van der Waals surface area contributed by atoms with E-state index in [2.05, 4.69) is 46.5 Å². The van der Waals surface area contributed by atoms with Gasteiger partial charge < -0.3 is 24.8 Å². The predicted molar refractivity (Wildman–Crippen MR) is 76.0 cm³/mol. The monoisotopic (exact) mass is 497 g/mol. The molecule has 0 fully saturated rings. The molecular formula is C16H13Cl2HfN3. The summed E-state index contributed by atoms with van der Waals surface area (Å²) in [6, 6.07) is 12.5. The van der Waals surface area contributed by atoms with E-state index in [0.717, 1.165) is 12.1 Å². The molecule has 6 heteroatoms. The summed E-state index contributed by atoms with van der Waals surface area (Å²) in [5.74, 6) is 0. The Morgan fingerprint density at radius 1 is 1.18 bits per heavy atom. The van der Waals surface area contributed by atoms with Crippen LogP contribution in [0.15, 0.2) is 67.3 Å². The smallest absolute Gasteiger partial charge is 1.00 e. The maximum absolute atomic E-state index is 4.09. The van der Waals surface area contributed by atoms with Gasteiger partial charge in [-0.1, -0.05) is 6.07 Å². The molecule has 0 bridgehead atoms. The summed E-state index contributed by atoms with van der Waals surface area (Å²) in [6.07, 6.45) is 13.2. The van der Waals surface area contributed by atoms with Crippen LogP contribution in [0.25, 0.3) is 16.5 Å². The first kappa shape index (κ1) is 20.9. The number of hydrogen-bond acceptors (Lipinski definition) is 2. The minimum absolute atomic E-state index is 0. The number of aromatic nitrogens is 3. The van der Waals surface area contributed by atoms with Gasteiger partial charge in [0.15, 0.2) is 0 Å². The number of allylic oxidation sites excluding steroid dienone is 4. The van der Waals surface area contributed by atoms with Gasteiger partial charge in [-0.05, 0) is 5.69 Å². The van der Waals surface area contributed by atoms with Crippen LogP contribution in [0, 0.1) is 6.08 Å². The van der Waals surface area contributed by atoms with Gasteiger partial charge in [-0.25, -0.2) is 21.8 Å². The maximum Gasteiger partial charge on any atom is 4.00 e. The minimum Gasteiger partial charge on any atom is -1.00 e. The van der Waals surface area contributed by atoms with Crippen LogP contribution < -0.4 is 24.8 Å². The van der Waals surface area contributed by atoms with Crippen LogP contribution in [-0.2, 0) is 25.8 Å². The third kappa shape index (κ3) is 5.27. The molecule has 0 saturated heterocycles. The van der Waals surface area contributed by atoms with Crippen molar-refractivity contribution in [3.63, 3.8) is 0 Å². The van der Waals surface area contributed by atoms with Crippen LogP contribution in [-0.4, -0.2) is 14.8 Å². The van der Waals surface area contributed by atoms with Crippen LogP contribution in [0.1, 0.15) is 6.42 Å². The van der Waals surface area contributed by atoms with Gasteiger partial charge in [0.1, 0.15) is 12.7 Å². The van der Waals surface area contributed by atoms with E-state index in [-0.39, 0.29) is 50.7 Å². The Morgan fingerprint density at radius 3 is 2.55 bits per heavy atom. The molecule has 0 atom stereocenters. The summed E-state index contributed by atoms with van der Waals surface area (Å²) in [5, 5.41) is 6.56. The first-order valence-electron chi connectivity index (χ1n) is 6.16. The molecule has 0 radical (unpaired) electrons. The molecule has 4 rings (SSSR count). The van der Waals surface area contributed by atoms with Gasteiger partial charge in [-0.2, -0.15) is 11.2 Å². The third-order valence-electron chi connectivity index (χ3n) is 2.87. The van der Waals surface area contributed by atoms with Crippen molar-refractivity contribution in [2.75, 3.05) is 0 Å². The Bertz CT molecular complexity index is 675. The summed E-state index contributed by atoms with van der Waals surface area (Å²) in [5.41, 5.74) is 1.06. The fourth-order valence-corrected chi connectivity index (χ4v) is 1.95. The minimum atomic E-state index is 0. The van der Waals surface area contributed by atoms with Crippen molar-refractivity contribution >= 4 is 10.8 Å². The van der Waals surface area contributed by atoms with Crippen molar-refractivity contribution in [1.82, 2.24) is 14.8 Å². The van der Waals surface area contributed by atoms with E-state index in [1.165, 1.54) is 17.1 Å². The summed E-state index contributed by atoms with van der Waals surface area (Å²) in [6.45, 7) is 0. The van der Waals surface area contributed by atoms with Gasteiger partial charge >= 0.3 is 25.8 Å². The Balaban J connectivity index is 0.000000482. The molecule has 1 aliphatic rings. The van der Waals surface area contributed by atoms with Gasteiger partial charge in [0, 0.05) is 0 Å². The molecule has 22 heavy (non-hydrogen) atoms. The second kappa shape index (κ2) is 10.6. The molecule has 1 heterocycles. The fraction of sp³-hybridized carbons (Fsp3) is 0.0625. The van der Waals surface area contributed by atoms with Crippen molar-refractivity contribution < 1.29 is 50.7 Å². The van der Waals surface area contributed by atoms with Gasteiger partial charge in [0.05, 0.1) is 0 Å². The van der Waals surface area contributed by atoms with Crippen molar-refractivity contribution in [1.29, 1.82) is 0 Å². The molecule has 1 aromatic heterocycles. The maximum atomic E-state index is 4.09. The number of halogens is 2. The van der Waals surface area contributed by atoms with Crippen LogP contribution in [0.5, 0.6) is 0 Å². The SMILES string of the molecule is [C-]1=CC=CC1.[Cl-].[Cl-].[Hf+4].c1ccc2[cH-]c(-n3cncn3)cc2c1. The quantitative estimate of drug-likeness (QED) is 0.275. The van der Waals surface area contributed by atoms with E-state index in [1.54, 1.807) is 11.0 Å². The van der Waals surface area contributed by atoms with Gasteiger partial charge in [-0.3, -0.25) is 6.08 Å². The molecule has 2 aromatic carbocycles. The Morgan fingerprint density at radius 2 is 2.00 bits per heavy atom. The van der Waals surface area contributed by atoms with E-state index in [4.69, 9.17) is 0 Å². The Hall–Kier alpha value is -1.10. The third-order valence-corrected chi connectivity index (χ3v) is 2.87. The average molecular weight is 497 g/mol. The molecule has 3 nitrogen and oxygen atoms in total. The second-order valence-corrected chi connectivity index (χ2v) is 4.19. The van der Waals surface area contributed by atoms with E-state index in [1.807, 2.05) is 24.3 Å². The first-order valence-corrected chi connectivity index (χ1v) is 6.16. The van der Waals surface area contributed by atoms with E-state index >= 15 is 0 Å². The Labute approximate surface area is 161 Å². The number of hydrogen-bond donors (Lipinski definition) is 0. The van der Waals surface area contributed by atoms with E-state index < -0.39 is 0 Å². The van der Waals surface area contributed by atoms with Crippen molar-refractivity contribution in [2.24, 2.45) is 0 Å². The number of nitrogens with zero attached hydrogens (tertiary/aromatic N) is 3. The van der Waals surface area contributed by atoms with Crippen LogP contribution in [0.3, 0.4) is 0 Å². The van der Waals surface area contributed by atoms with Crippen LogP contribution in [0.4, 0.5) is 0 Å². The van der Waals surface area contributed by atoms with Crippen LogP contribution in [0.2, 0.25) is 0 Å². The standard InChI is InChI=1S/C11H8N3.C5H5.2ClH.Hf/c1-2-4-10-6-11(5-9(10)3-1)14-8-12-7-13-14;1-2-4-5-3-1;;;/h1-8H;1-3H,4H2;2*1H;/q2*-1;;;+4/p-2. The summed E-state index contributed by atoms with van der Waals surface area (Å²) in [4.78, 5) is 3.92. The zero-order valence-corrected chi connectivity index (χ0v) is 16.8. The van der Waals surface area contributed by atoms with E-state index in [0.29, 0.717) is 0 Å². The summed E-state index contributed by atoms with van der Waals surface area (Å²) < 4.78 is 1.76. The molecule has 0 saturated carbocycles. The zero-order valence-electron chi connectivity index (χ0n) is 11.7. The number of benzene rings is 1. The first-order chi connectivity index (χ1) is 9.43. The predicted octanol–water partition coefficient (Wildman–Crippen LogP) is -2.55. The zero-order chi connectivity index (χ0) is 12.9. The molecule has 0 spiro atoms. The largest absolute Gasteiger partial charge is 4.00 e. The molecular weight excluding hydrogens is 484 g/mol. The molecule has 110 valence electrons. The molecule has 0 N–H and O–H groups in total. The van der Waals surface area contributed by atoms with Gasteiger partial charge in [0.2, 0.25) is 0 Å². The Kier molecular flexibility index (Phi) is 10.1. The van der Waals surface area contributed by atoms with Crippen molar-refractivity contribution in [3.8, 4) is 5.69 Å². The average Bonchev–Trinajstić information content (AvgIpc) is 3.20. The fourth-order valence-electron chi connectivity index (χ4n) is 1.95. The molecule has 3 aromatic rings. The van der Waals surface area contributed by atoms with Crippen molar-refractivity contribution in [3.05, 3.63) is 73.4 Å². The molecule has 0 unspecified atom stereocenters. The molecule has 0 amide bonds. The van der Waals surface area contributed by atoms with Gasteiger partial charge in [0.25, 0.3) is 0 Å². The normalized spacial score (nSPS) is 10.9. The van der Waals surface area contributed by atoms with E-state index in [9.17, 15) is 0 Å². The molecule has 0 aliphatic heterocycles. The second-order valence-electron chi connectivity index (χ2n) is 4.19. The van der Waals surface area contributed by atoms with Gasteiger partial charge in [-0.15, -0.1) is 47.5 Å².